The number of aromatic nitrogens is 1. The molecule has 4 nitrogen and oxygen atoms in total. The molecular weight excluding hydrogens is 270 g/mol. The van der Waals surface area contributed by atoms with Crippen LogP contribution in [0, 0.1) is 0 Å². The van der Waals surface area contributed by atoms with Crippen LogP contribution in [0.1, 0.15) is 44.4 Å². The number of piperidine rings is 1. The Balaban J connectivity index is 1.78. The molecule has 0 spiro atoms. The summed E-state index contributed by atoms with van der Waals surface area (Å²) in [6.45, 7) is 9.50. The summed E-state index contributed by atoms with van der Waals surface area (Å²) in [5.41, 5.74) is 0. The van der Waals surface area contributed by atoms with Gasteiger partial charge >= 0.3 is 0 Å². The average Bonchev–Trinajstić information content (AvgIpc) is 2.91. The summed E-state index contributed by atoms with van der Waals surface area (Å²) < 4.78 is 5.89. The summed E-state index contributed by atoms with van der Waals surface area (Å²) in [4.78, 5) is 8.29. The van der Waals surface area contributed by atoms with E-state index in [4.69, 9.17) is 4.74 Å². The van der Waals surface area contributed by atoms with Crippen molar-refractivity contribution in [2.24, 2.45) is 0 Å². The van der Waals surface area contributed by atoms with E-state index in [1.54, 1.807) is 11.3 Å². The number of rotatable bonds is 8. The van der Waals surface area contributed by atoms with Gasteiger partial charge in [-0.05, 0) is 32.2 Å². The number of nitrogens with one attached hydrogen (secondary N) is 1. The number of thiazole rings is 1. The third-order valence-electron chi connectivity index (χ3n) is 3.48. The second-order valence-corrected chi connectivity index (χ2v) is 6.54. The molecule has 2 heterocycles. The van der Waals surface area contributed by atoms with Crippen molar-refractivity contribution in [3.8, 4) is 0 Å². The lowest BCUT2D eigenvalue weighted by Gasteiger charge is -2.32. The predicted octanol–water partition coefficient (Wildman–Crippen LogP) is 3.36. The van der Waals surface area contributed by atoms with Crippen LogP contribution in [-0.2, 0) is 11.3 Å². The largest absolute Gasteiger partial charge is 0.377 e. The highest BCUT2D eigenvalue weighted by Gasteiger charge is 2.20. The van der Waals surface area contributed by atoms with Crippen LogP contribution >= 0.6 is 11.3 Å². The van der Waals surface area contributed by atoms with Gasteiger partial charge in [0.1, 0.15) is 0 Å². The highest BCUT2D eigenvalue weighted by atomic mass is 32.1. The van der Waals surface area contributed by atoms with Gasteiger partial charge in [-0.3, -0.25) is 4.90 Å². The maximum absolute atomic E-state index is 5.89. The van der Waals surface area contributed by atoms with Gasteiger partial charge in [0.2, 0.25) is 0 Å². The van der Waals surface area contributed by atoms with Crippen molar-refractivity contribution in [1.82, 2.24) is 9.88 Å². The number of hydrogen-bond acceptors (Lipinski definition) is 5. The van der Waals surface area contributed by atoms with Crippen LogP contribution in [0.3, 0.4) is 0 Å². The van der Waals surface area contributed by atoms with E-state index in [0.717, 1.165) is 44.2 Å². The summed E-state index contributed by atoms with van der Waals surface area (Å²) in [7, 11) is 0. The second kappa shape index (κ2) is 8.60. The molecular formula is C15H27N3OS. The van der Waals surface area contributed by atoms with Gasteiger partial charge < -0.3 is 10.1 Å². The lowest BCUT2D eigenvalue weighted by Crippen LogP contribution is -2.39. The Kier molecular flexibility index (Phi) is 6.76. The van der Waals surface area contributed by atoms with Crippen molar-refractivity contribution in [3.63, 3.8) is 0 Å². The van der Waals surface area contributed by atoms with Crippen molar-refractivity contribution in [1.29, 1.82) is 0 Å². The zero-order valence-corrected chi connectivity index (χ0v) is 13.5. The van der Waals surface area contributed by atoms with Gasteiger partial charge in [-0.25, -0.2) is 4.98 Å². The SMILES string of the molecule is CCCNc1ncc(CN2CCCC(OCCC)C2)s1. The van der Waals surface area contributed by atoms with Crippen LogP contribution in [0.25, 0.3) is 0 Å². The van der Waals surface area contributed by atoms with Gasteiger partial charge in [0.05, 0.1) is 6.10 Å². The van der Waals surface area contributed by atoms with Gasteiger partial charge in [-0.2, -0.15) is 0 Å². The third-order valence-corrected chi connectivity index (χ3v) is 4.42. The Bertz CT molecular complexity index is 383. The molecule has 114 valence electrons. The smallest absolute Gasteiger partial charge is 0.182 e. The summed E-state index contributed by atoms with van der Waals surface area (Å²) >= 11 is 1.78. The molecule has 20 heavy (non-hydrogen) atoms. The zero-order valence-electron chi connectivity index (χ0n) is 12.7. The van der Waals surface area contributed by atoms with E-state index in [9.17, 15) is 0 Å². The summed E-state index contributed by atoms with van der Waals surface area (Å²) in [5.74, 6) is 0. The van der Waals surface area contributed by atoms with Crippen LogP contribution in [0.4, 0.5) is 5.13 Å². The number of hydrogen-bond donors (Lipinski definition) is 1. The Morgan fingerprint density at radius 1 is 1.45 bits per heavy atom. The molecule has 2 rings (SSSR count). The monoisotopic (exact) mass is 297 g/mol. The molecule has 0 aliphatic carbocycles. The van der Waals surface area contributed by atoms with E-state index in [1.807, 2.05) is 6.20 Å². The maximum atomic E-state index is 5.89. The van der Waals surface area contributed by atoms with E-state index >= 15 is 0 Å². The second-order valence-electron chi connectivity index (χ2n) is 5.43. The molecule has 5 heteroatoms. The minimum atomic E-state index is 0.425. The molecule has 1 fully saturated rings. The topological polar surface area (TPSA) is 37.4 Å². The molecule has 0 amide bonds. The molecule has 0 aromatic carbocycles. The molecule has 0 radical (unpaired) electrons. The standard InChI is InChI=1S/C15H27N3OS/c1-3-7-16-15-17-10-14(20-15)12-18-8-5-6-13(11-18)19-9-4-2/h10,13H,3-9,11-12H2,1-2H3,(H,16,17). The van der Waals surface area contributed by atoms with Crippen LogP contribution in [0.15, 0.2) is 6.20 Å². The fraction of sp³-hybridized carbons (Fsp3) is 0.800. The van der Waals surface area contributed by atoms with Crippen molar-refractivity contribution in [2.45, 2.75) is 52.2 Å². The lowest BCUT2D eigenvalue weighted by molar-refractivity contribution is -0.00199. The van der Waals surface area contributed by atoms with Gasteiger partial charge in [0.25, 0.3) is 0 Å². The van der Waals surface area contributed by atoms with E-state index < -0.39 is 0 Å². The first-order chi connectivity index (χ1) is 9.81. The summed E-state index contributed by atoms with van der Waals surface area (Å²) in [5, 5.41) is 4.41. The molecule has 1 aliphatic heterocycles. The van der Waals surface area contributed by atoms with Crippen molar-refractivity contribution < 1.29 is 4.74 Å². The van der Waals surface area contributed by atoms with Crippen LogP contribution in [-0.4, -0.2) is 42.2 Å². The highest BCUT2D eigenvalue weighted by molar-refractivity contribution is 7.15. The van der Waals surface area contributed by atoms with Crippen molar-refractivity contribution in [2.75, 3.05) is 31.6 Å². The Hall–Kier alpha value is -0.650. The number of nitrogens with zero attached hydrogens (tertiary/aromatic N) is 2. The van der Waals surface area contributed by atoms with Gasteiger partial charge in [-0.1, -0.05) is 13.8 Å². The fourth-order valence-corrected chi connectivity index (χ4v) is 3.37. The number of anilines is 1. The van der Waals surface area contributed by atoms with Crippen LogP contribution in [0.2, 0.25) is 0 Å². The molecule has 1 aliphatic rings. The minimum Gasteiger partial charge on any atom is -0.377 e. The van der Waals surface area contributed by atoms with E-state index in [0.29, 0.717) is 6.10 Å². The van der Waals surface area contributed by atoms with E-state index in [2.05, 4.69) is 29.0 Å². The quantitative estimate of drug-likeness (QED) is 0.798. The summed E-state index contributed by atoms with van der Waals surface area (Å²) in [6.07, 6.45) is 7.14. The molecule has 1 aromatic rings. The third kappa shape index (κ3) is 5.04. The van der Waals surface area contributed by atoms with E-state index in [1.165, 1.54) is 24.3 Å². The van der Waals surface area contributed by atoms with Gasteiger partial charge in [0.15, 0.2) is 5.13 Å². The predicted molar refractivity (Wildman–Crippen MR) is 85.4 cm³/mol. The first kappa shape index (κ1) is 15.7. The molecule has 1 aromatic heterocycles. The highest BCUT2D eigenvalue weighted by Crippen LogP contribution is 2.22. The first-order valence-electron chi connectivity index (χ1n) is 7.84. The molecule has 1 saturated heterocycles. The Morgan fingerprint density at radius 3 is 3.15 bits per heavy atom. The minimum absolute atomic E-state index is 0.425. The molecule has 0 saturated carbocycles. The Labute approximate surface area is 126 Å². The number of ether oxygens (including phenoxy) is 1. The zero-order chi connectivity index (χ0) is 14.2. The first-order valence-corrected chi connectivity index (χ1v) is 8.66. The average molecular weight is 297 g/mol. The van der Waals surface area contributed by atoms with Crippen molar-refractivity contribution >= 4 is 16.5 Å². The fourth-order valence-electron chi connectivity index (χ4n) is 2.49. The molecule has 1 unspecified atom stereocenters. The number of likely N-dealkylation sites (tertiary alicyclic amines) is 1. The Morgan fingerprint density at radius 2 is 2.35 bits per heavy atom. The maximum Gasteiger partial charge on any atom is 0.182 e. The summed E-state index contributed by atoms with van der Waals surface area (Å²) in [6, 6.07) is 0. The lowest BCUT2D eigenvalue weighted by atomic mass is 10.1. The van der Waals surface area contributed by atoms with Crippen LogP contribution in [0.5, 0.6) is 0 Å². The van der Waals surface area contributed by atoms with E-state index in [-0.39, 0.29) is 0 Å². The molecule has 0 bridgehead atoms. The van der Waals surface area contributed by atoms with Crippen LogP contribution < -0.4 is 5.32 Å². The van der Waals surface area contributed by atoms with Gasteiger partial charge in [0, 0.05) is 37.3 Å². The molecule has 1 N–H and O–H groups in total. The molecule has 1 atom stereocenters. The van der Waals surface area contributed by atoms with Crippen molar-refractivity contribution in [3.05, 3.63) is 11.1 Å². The van der Waals surface area contributed by atoms with Gasteiger partial charge in [-0.15, -0.1) is 11.3 Å². The normalized spacial score (nSPS) is 20.2.